The molecule has 2 aromatic heterocycles. The van der Waals surface area contributed by atoms with Gasteiger partial charge in [0.1, 0.15) is 4.83 Å². The number of nitrogens with zero attached hydrogens (tertiary/aromatic N) is 1. The zero-order valence-corrected chi connectivity index (χ0v) is 11.3. The molecule has 3 nitrogen and oxygen atoms in total. The molecule has 0 saturated heterocycles. The third-order valence-electron chi connectivity index (χ3n) is 2.75. The van der Waals surface area contributed by atoms with Crippen LogP contribution < -0.4 is 0 Å². The Morgan fingerprint density at radius 2 is 1.83 bits per heavy atom. The molecular formula is C13H11NO2S2. The van der Waals surface area contributed by atoms with Crippen LogP contribution in [0.1, 0.15) is 4.88 Å². The van der Waals surface area contributed by atoms with E-state index in [9.17, 15) is 8.42 Å². The average Bonchev–Trinajstić information content (AvgIpc) is 2.88. The summed E-state index contributed by atoms with van der Waals surface area (Å²) in [6, 6.07) is 12.3. The van der Waals surface area contributed by atoms with Gasteiger partial charge in [0.15, 0.2) is 0 Å². The zero-order chi connectivity index (χ0) is 12.8. The van der Waals surface area contributed by atoms with E-state index in [1.807, 2.05) is 19.1 Å². The van der Waals surface area contributed by atoms with Crippen molar-refractivity contribution in [3.05, 3.63) is 53.5 Å². The lowest BCUT2D eigenvalue weighted by Crippen LogP contribution is -2.10. The van der Waals surface area contributed by atoms with E-state index >= 15 is 0 Å². The van der Waals surface area contributed by atoms with Gasteiger partial charge in [-0.15, -0.1) is 11.3 Å². The Bertz CT molecular complexity index is 798. The second-order valence-electron chi connectivity index (χ2n) is 4.05. The summed E-state index contributed by atoms with van der Waals surface area (Å²) in [7, 11) is -3.48. The topological polar surface area (TPSA) is 39.1 Å². The molecule has 1 aromatic carbocycles. The molecule has 0 spiro atoms. The molecule has 92 valence electrons. The fourth-order valence-electron chi connectivity index (χ4n) is 1.92. The highest BCUT2D eigenvalue weighted by Crippen LogP contribution is 2.29. The summed E-state index contributed by atoms with van der Waals surface area (Å²) in [5.74, 6) is 0. The van der Waals surface area contributed by atoms with Crippen LogP contribution in [0, 0.1) is 6.92 Å². The number of aryl methyl sites for hydroxylation is 1. The van der Waals surface area contributed by atoms with Crippen LogP contribution in [0.15, 0.2) is 53.6 Å². The number of benzene rings is 1. The van der Waals surface area contributed by atoms with Gasteiger partial charge >= 0.3 is 0 Å². The molecule has 0 aliphatic carbocycles. The smallest absolute Gasteiger partial charge is 0.232 e. The van der Waals surface area contributed by atoms with Gasteiger partial charge in [-0.1, -0.05) is 18.2 Å². The van der Waals surface area contributed by atoms with Gasteiger partial charge < -0.3 is 0 Å². The SMILES string of the molecule is Cc1cc2ccn(S(=O)(=O)c3ccccc3)c2s1. The molecule has 0 fully saturated rings. The molecule has 0 unspecified atom stereocenters. The van der Waals surface area contributed by atoms with Crippen molar-refractivity contribution in [1.29, 1.82) is 0 Å². The van der Waals surface area contributed by atoms with Gasteiger partial charge in [-0.25, -0.2) is 12.4 Å². The van der Waals surface area contributed by atoms with E-state index in [4.69, 9.17) is 0 Å². The molecule has 0 atom stereocenters. The van der Waals surface area contributed by atoms with Gasteiger partial charge in [-0.05, 0) is 31.2 Å². The summed E-state index contributed by atoms with van der Waals surface area (Å²) in [6.45, 7) is 1.98. The van der Waals surface area contributed by atoms with Crippen LogP contribution in [0.5, 0.6) is 0 Å². The van der Waals surface area contributed by atoms with Crippen molar-refractivity contribution in [2.24, 2.45) is 0 Å². The lowest BCUT2D eigenvalue weighted by atomic mass is 10.4. The summed E-state index contributed by atoms with van der Waals surface area (Å²) < 4.78 is 26.3. The molecule has 3 rings (SSSR count). The van der Waals surface area contributed by atoms with E-state index in [-0.39, 0.29) is 0 Å². The van der Waals surface area contributed by atoms with Crippen LogP contribution in [0.4, 0.5) is 0 Å². The van der Waals surface area contributed by atoms with E-state index < -0.39 is 10.0 Å². The van der Waals surface area contributed by atoms with Crippen LogP contribution in [0.25, 0.3) is 10.2 Å². The fraction of sp³-hybridized carbons (Fsp3) is 0.0769. The Morgan fingerprint density at radius 1 is 1.11 bits per heavy atom. The van der Waals surface area contributed by atoms with Crippen LogP contribution >= 0.6 is 11.3 Å². The van der Waals surface area contributed by atoms with E-state index in [0.717, 1.165) is 15.1 Å². The van der Waals surface area contributed by atoms with E-state index in [1.54, 1.807) is 36.5 Å². The molecule has 0 aliphatic rings. The lowest BCUT2D eigenvalue weighted by Gasteiger charge is -2.05. The molecule has 0 aliphatic heterocycles. The molecule has 0 saturated carbocycles. The van der Waals surface area contributed by atoms with Crippen molar-refractivity contribution >= 4 is 31.6 Å². The van der Waals surface area contributed by atoms with Gasteiger partial charge in [-0.3, -0.25) is 0 Å². The monoisotopic (exact) mass is 277 g/mol. The molecule has 2 heterocycles. The third-order valence-corrected chi connectivity index (χ3v) is 5.62. The minimum absolute atomic E-state index is 0.313. The van der Waals surface area contributed by atoms with Crippen molar-refractivity contribution < 1.29 is 8.42 Å². The Labute approximate surface area is 109 Å². The molecule has 0 bridgehead atoms. The summed E-state index contributed by atoms with van der Waals surface area (Å²) in [5, 5.41) is 0.969. The first-order valence-corrected chi connectivity index (χ1v) is 7.73. The van der Waals surface area contributed by atoms with Gasteiger partial charge in [-0.2, -0.15) is 0 Å². The molecule has 0 radical (unpaired) electrons. The zero-order valence-electron chi connectivity index (χ0n) is 9.70. The Morgan fingerprint density at radius 3 is 2.56 bits per heavy atom. The minimum Gasteiger partial charge on any atom is -0.232 e. The Kier molecular flexibility index (Phi) is 2.53. The highest BCUT2D eigenvalue weighted by atomic mass is 32.2. The second kappa shape index (κ2) is 3.96. The molecule has 18 heavy (non-hydrogen) atoms. The second-order valence-corrected chi connectivity index (χ2v) is 7.10. The largest absolute Gasteiger partial charge is 0.268 e. The van der Waals surface area contributed by atoms with Crippen molar-refractivity contribution in [2.45, 2.75) is 11.8 Å². The van der Waals surface area contributed by atoms with Gasteiger partial charge in [0, 0.05) is 16.5 Å². The predicted octanol–water partition coefficient (Wildman–Crippen LogP) is 3.25. The first kappa shape index (κ1) is 11.5. The van der Waals surface area contributed by atoms with Crippen LogP contribution in [-0.2, 0) is 10.0 Å². The number of thiophene rings is 1. The maximum absolute atomic E-state index is 12.5. The average molecular weight is 277 g/mol. The van der Waals surface area contributed by atoms with Gasteiger partial charge in [0.25, 0.3) is 10.0 Å². The summed E-state index contributed by atoms with van der Waals surface area (Å²) in [5.41, 5.74) is 0. The summed E-state index contributed by atoms with van der Waals surface area (Å²) >= 11 is 1.49. The molecule has 0 amide bonds. The third kappa shape index (κ3) is 1.67. The lowest BCUT2D eigenvalue weighted by molar-refractivity contribution is 0.589. The Hall–Kier alpha value is -1.59. The van der Waals surface area contributed by atoms with Crippen LogP contribution in [0.3, 0.4) is 0 Å². The number of fused-ring (bicyclic) bond motifs is 1. The van der Waals surface area contributed by atoms with Crippen molar-refractivity contribution in [1.82, 2.24) is 3.97 Å². The fourth-order valence-corrected chi connectivity index (χ4v) is 4.49. The number of aromatic nitrogens is 1. The number of rotatable bonds is 2. The molecule has 3 aromatic rings. The first-order valence-electron chi connectivity index (χ1n) is 5.47. The summed E-state index contributed by atoms with van der Waals surface area (Å²) in [6.07, 6.45) is 1.61. The number of hydrogen-bond acceptors (Lipinski definition) is 3. The first-order chi connectivity index (χ1) is 8.59. The van der Waals surface area contributed by atoms with Gasteiger partial charge in [0.2, 0.25) is 0 Å². The molecular weight excluding hydrogens is 266 g/mol. The van der Waals surface area contributed by atoms with E-state index in [2.05, 4.69) is 0 Å². The quantitative estimate of drug-likeness (QED) is 0.721. The van der Waals surface area contributed by atoms with Gasteiger partial charge in [0.05, 0.1) is 4.90 Å². The molecule has 5 heteroatoms. The maximum Gasteiger partial charge on any atom is 0.268 e. The standard InChI is InChI=1S/C13H11NO2S2/c1-10-9-11-7-8-14(13(11)17-10)18(15,16)12-5-3-2-4-6-12/h2-9H,1H3. The van der Waals surface area contributed by atoms with Crippen molar-refractivity contribution in [2.75, 3.05) is 0 Å². The van der Waals surface area contributed by atoms with Crippen molar-refractivity contribution in [3.8, 4) is 0 Å². The van der Waals surface area contributed by atoms with Crippen LogP contribution in [-0.4, -0.2) is 12.4 Å². The predicted molar refractivity (Wildman–Crippen MR) is 73.6 cm³/mol. The maximum atomic E-state index is 12.5. The normalized spacial score (nSPS) is 12.1. The van der Waals surface area contributed by atoms with Crippen molar-refractivity contribution in [3.63, 3.8) is 0 Å². The minimum atomic E-state index is -3.48. The highest BCUT2D eigenvalue weighted by Gasteiger charge is 2.19. The highest BCUT2D eigenvalue weighted by molar-refractivity contribution is 7.90. The number of hydrogen-bond donors (Lipinski definition) is 0. The van der Waals surface area contributed by atoms with E-state index in [1.165, 1.54) is 15.3 Å². The summed E-state index contributed by atoms with van der Waals surface area (Å²) in [4.78, 5) is 2.20. The molecule has 0 N–H and O–H groups in total. The van der Waals surface area contributed by atoms with E-state index in [0.29, 0.717) is 4.90 Å². The van der Waals surface area contributed by atoms with Crippen LogP contribution in [0.2, 0.25) is 0 Å². The Balaban J connectivity index is 2.26.